The number of nitrogen functional groups attached to an aromatic ring is 1. The highest BCUT2D eigenvalue weighted by Gasteiger charge is 2.19. The van der Waals surface area contributed by atoms with Crippen LogP contribution in [0.1, 0.15) is 18.5 Å². The molecule has 5 nitrogen and oxygen atoms in total. The molecule has 2 aromatic rings. The first-order valence-electron chi connectivity index (χ1n) is 6.16. The van der Waals surface area contributed by atoms with Gasteiger partial charge in [-0.25, -0.2) is 17.5 Å². The van der Waals surface area contributed by atoms with Crippen molar-refractivity contribution < 1.29 is 17.9 Å². The quantitative estimate of drug-likeness (QED) is 0.596. The Balaban J connectivity index is 2.26. The van der Waals surface area contributed by atoms with Crippen molar-refractivity contribution in [1.82, 2.24) is 4.72 Å². The van der Waals surface area contributed by atoms with Gasteiger partial charge in [-0.3, -0.25) is 0 Å². The van der Waals surface area contributed by atoms with Crippen molar-refractivity contribution in [3.63, 3.8) is 0 Å². The van der Waals surface area contributed by atoms with Gasteiger partial charge >= 0.3 is 0 Å². The van der Waals surface area contributed by atoms with Gasteiger partial charge in [-0.2, -0.15) is 0 Å². The van der Waals surface area contributed by atoms with Crippen LogP contribution in [0.4, 0.5) is 10.1 Å². The molecule has 0 bridgehead atoms. The van der Waals surface area contributed by atoms with Crippen LogP contribution in [0.3, 0.4) is 0 Å². The SMILES string of the molecule is CC(NS(=O)(=O)c1ccc(O)c(N)c1)c1cccc(F)c1. The Bertz CT molecular complexity index is 763. The zero-order chi connectivity index (χ0) is 15.6. The number of nitrogens with one attached hydrogen (secondary N) is 1. The molecule has 0 fully saturated rings. The maximum Gasteiger partial charge on any atom is 0.241 e. The Labute approximate surface area is 122 Å². The van der Waals surface area contributed by atoms with E-state index in [0.717, 1.165) is 6.07 Å². The zero-order valence-corrected chi connectivity index (χ0v) is 12.1. The van der Waals surface area contributed by atoms with Crippen LogP contribution >= 0.6 is 0 Å². The minimum Gasteiger partial charge on any atom is -0.506 e. The molecule has 0 aliphatic heterocycles. The molecule has 4 N–H and O–H groups in total. The lowest BCUT2D eigenvalue weighted by atomic mass is 10.1. The third-order valence-corrected chi connectivity index (χ3v) is 4.53. The van der Waals surface area contributed by atoms with Crippen LogP contribution in [-0.4, -0.2) is 13.5 Å². The van der Waals surface area contributed by atoms with Crippen molar-refractivity contribution in [3.8, 4) is 5.75 Å². The number of hydrogen-bond donors (Lipinski definition) is 3. The molecule has 0 aliphatic carbocycles. The zero-order valence-electron chi connectivity index (χ0n) is 11.2. The van der Waals surface area contributed by atoms with Gasteiger partial charge in [-0.15, -0.1) is 0 Å². The summed E-state index contributed by atoms with van der Waals surface area (Å²) in [4.78, 5) is -0.0685. The molecule has 0 amide bonds. The molecule has 1 atom stereocenters. The molecular weight excluding hydrogens is 295 g/mol. The van der Waals surface area contributed by atoms with Gasteiger partial charge in [-0.1, -0.05) is 12.1 Å². The lowest BCUT2D eigenvalue weighted by molar-refractivity contribution is 0.477. The lowest BCUT2D eigenvalue weighted by Crippen LogP contribution is -2.27. The number of halogens is 1. The van der Waals surface area contributed by atoms with E-state index >= 15 is 0 Å². The smallest absolute Gasteiger partial charge is 0.241 e. The predicted molar refractivity (Wildman–Crippen MR) is 77.7 cm³/mol. The van der Waals surface area contributed by atoms with Crippen LogP contribution in [0.2, 0.25) is 0 Å². The maximum atomic E-state index is 13.2. The molecule has 21 heavy (non-hydrogen) atoms. The fraction of sp³-hybridized carbons (Fsp3) is 0.143. The van der Waals surface area contributed by atoms with E-state index in [1.165, 1.54) is 30.3 Å². The highest BCUT2D eigenvalue weighted by molar-refractivity contribution is 7.89. The summed E-state index contributed by atoms with van der Waals surface area (Å²) >= 11 is 0. The molecule has 0 saturated carbocycles. The van der Waals surface area contributed by atoms with E-state index in [0.29, 0.717) is 5.56 Å². The number of hydrogen-bond acceptors (Lipinski definition) is 4. The van der Waals surface area contributed by atoms with Crippen LogP contribution in [-0.2, 0) is 10.0 Å². The first-order valence-corrected chi connectivity index (χ1v) is 7.64. The molecule has 7 heteroatoms. The summed E-state index contributed by atoms with van der Waals surface area (Å²) in [6, 6.07) is 8.68. The monoisotopic (exact) mass is 310 g/mol. The Morgan fingerprint density at radius 2 is 1.95 bits per heavy atom. The standard InChI is InChI=1S/C14H15FN2O3S/c1-9(10-3-2-4-11(15)7-10)17-21(19,20)12-5-6-14(18)13(16)8-12/h2-9,17-18H,16H2,1H3. The van der Waals surface area contributed by atoms with E-state index in [1.54, 1.807) is 13.0 Å². The summed E-state index contributed by atoms with van der Waals surface area (Å²) in [5.74, 6) is -0.625. The fourth-order valence-corrected chi connectivity index (χ4v) is 3.11. The second-order valence-electron chi connectivity index (χ2n) is 4.62. The van der Waals surface area contributed by atoms with Crippen LogP contribution < -0.4 is 10.5 Å². The number of nitrogens with two attached hydrogens (primary N) is 1. The Morgan fingerprint density at radius 1 is 1.24 bits per heavy atom. The molecule has 2 aromatic carbocycles. The van der Waals surface area contributed by atoms with Crippen molar-refractivity contribution in [3.05, 3.63) is 53.8 Å². The molecule has 2 rings (SSSR count). The summed E-state index contributed by atoms with van der Waals surface area (Å²) < 4.78 is 40.0. The number of aromatic hydroxyl groups is 1. The van der Waals surface area contributed by atoms with E-state index in [2.05, 4.69) is 4.72 Å². The molecule has 112 valence electrons. The second-order valence-corrected chi connectivity index (χ2v) is 6.33. The van der Waals surface area contributed by atoms with Crippen molar-refractivity contribution in [2.24, 2.45) is 0 Å². The number of anilines is 1. The molecule has 0 radical (unpaired) electrons. The number of rotatable bonds is 4. The summed E-state index contributed by atoms with van der Waals surface area (Å²) in [5, 5.41) is 9.32. The van der Waals surface area contributed by atoms with Gasteiger partial charge in [0.15, 0.2) is 0 Å². The van der Waals surface area contributed by atoms with Gasteiger partial charge < -0.3 is 10.8 Å². The Morgan fingerprint density at radius 3 is 2.57 bits per heavy atom. The number of sulfonamides is 1. The summed E-state index contributed by atoms with van der Waals surface area (Å²) in [5.41, 5.74) is 5.96. The number of phenols is 1. The van der Waals surface area contributed by atoms with E-state index in [-0.39, 0.29) is 16.3 Å². The molecular formula is C14H15FN2O3S. The number of benzene rings is 2. The average molecular weight is 310 g/mol. The molecule has 0 aliphatic rings. The van der Waals surface area contributed by atoms with Gasteiger partial charge in [0.05, 0.1) is 10.6 Å². The van der Waals surface area contributed by atoms with Crippen molar-refractivity contribution in [2.45, 2.75) is 17.9 Å². The Hall–Kier alpha value is -2.12. The van der Waals surface area contributed by atoms with Crippen molar-refractivity contribution in [2.75, 3.05) is 5.73 Å². The molecule has 0 spiro atoms. The van der Waals surface area contributed by atoms with Crippen LogP contribution in [0.15, 0.2) is 47.4 Å². The minimum atomic E-state index is -3.82. The van der Waals surface area contributed by atoms with E-state index in [9.17, 15) is 17.9 Å². The van der Waals surface area contributed by atoms with Gasteiger partial charge in [-0.05, 0) is 42.8 Å². The minimum absolute atomic E-state index is 0.0312. The topological polar surface area (TPSA) is 92.4 Å². The molecule has 1 unspecified atom stereocenters. The molecule has 0 aromatic heterocycles. The van der Waals surface area contributed by atoms with E-state index < -0.39 is 21.9 Å². The first-order chi connectivity index (χ1) is 9.79. The normalized spacial score (nSPS) is 13.0. The van der Waals surface area contributed by atoms with Gasteiger partial charge in [0.25, 0.3) is 0 Å². The summed E-state index contributed by atoms with van der Waals surface area (Å²) in [7, 11) is -3.82. The predicted octanol–water partition coefficient (Wildman–Crippen LogP) is 2.15. The summed E-state index contributed by atoms with van der Waals surface area (Å²) in [6.07, 6.45) is 0. The third-order valence-electron chi connectivity index (χ3n) is 2.99. The average Bonchev–Trinajstić information content (AvgIpc) is 2.41. The highest BCUT2D eigenvalue weighted by Crippen LogP contribution is 2.24. The third kappa shape index (κ3) is 3.50. The van der Waals surface area contributed by atoms with Crippen LogP contribution in [0, 0.1) is 5.82 Å². The summed E-state index contributed by atoms with van der Waals surface area (Å²) in [6.45, 7) is 1.61. The molecule has 0 saturated heterocycles. The van der Waals surface area contributed by atoms with E-state index in [1.807, 2.05) is 0 Å². The van der Waals surface area contributed by atoms with Crippen molar-refractivity contribution >= 4 is 15.7 Å². The fourth-order valence-electron chi connectivity index (χ4n) is 1.84. The maximum absolute atomic E-state index is 13.2. The Kier molecular flexibility index (Phi) is 4.15. The van der Waals surface area contributed by atoms with Gasteiger partial charge in [0, 0.05) is 6.04 Å². The lowest BCUT2D eigenvalue weighted by Gasteiger charge is -2.15. The van der Waals surface area contributed by atoms with Crippen LogP contribution in [0.5, 0.6) is 5.75 Å². The first kappa shape index (κ1) is 15.3. The van der Waals surface area contributed by atoms with Gasteiger partial charge in [0.1, 0.15) is 11.6 Å². The number of phenolic OH excluding ortho intramolecular Hbond substituents is 1. The van der Waals surface area contributed by atoms with Crippen molar-refractivity contribution in [1.29, 1.82) is 0 Å². The molecule has 0 heterocycles. The highest BCUT2D eigenvalue weighted by atomic mass is 32.2. The van der Waals surface area contributed by atoms with Gasteiger partial charge in [0.2, 0.25) is 10.0 Å². The van der Waals surface area contributed by atoms with Crippen LogP contribution in [0.25, 0.3) is 0 Å². The largest absolute Gasteiger partial charge is 0.506 e. The second kappa shape index (κ2) is 5.71. The van der Waals surface area contributed by atoms with E-state index in [4.69, 9.17) is 5.73 Å².